The van der Waals surface area contributed by atoms with Crippen LogP contribution >= 0.6 is 0 Å². The second kappa shape index (κ2) is 31.4. The molecule has 0 aromatic heterocycles. The molecule has 0 radical (unpaired) electrons. The molecule has 6 atom stereocenters. The molecule has 7 aliphatic rings. The molecule has 71 heavy (non-hydrogen) atoms. The zero-order valence-corrected chi connectivity index (χ0v) is 54.7. The van der Waals surface area contributed by atoms with Gasteiger partial charge in [-0.3, -0.25) is 0 Å². The van der Waals surface area contributed by atoms with Gasteiger partial charge in [0.1, 0.15) is 0 Å². The van der Waals surface area contributed by atoms with Gasteiger partial charge in [0.25, 0.3) is 0 Å². The minimum absolute atomic E-state index is 0.472. The fourth-order valence-electron chi connectivity index (χ4n) is 16.0. The topological polar surface area (TPSA) is 9.23 Å². The van der Waals surface area contributed by atoms with Gasteiger partial charge < -0.3 is 4.74 Å². The molecule has 0 aromatic carbocycles. The van der Waals surface area contributed by atoms with Gasteiger partial charge in [-0.05, 0) is 212 Å². The Bertz CT molecular complexity index is 1220. The lowest BCUT2D eigenvalue weighted by molar-refractivity contribution is 0.0135. The molecule has 0 N–H and O–H groups in total. The van der Waals surface area contributed by atoms with Crippen LogP contribution in [0.2, 0.25) is 0 Å². The summed E-state index contributed by atoms with van der Waals surface area (Å²) in [5.74, 6) is 18.6. The first-order valence-electron chi connectivity index (χ1n) is 32.3. The Morgan fingerprint density at radius 1 is 0.254 bits per heavy atom. The van der Waals surface area contributed by atoms with E-state index in [1.165, 1.54) is 103 Å². The smallest absolute Gasteiger partial charge is 0.0528 e. The first kappa shape index (κ1) is 69.0. The Hall–Kier alpha value is -0.0400. The molecular formula is C70H140O. The van der Waals surface area contributed by atoms with Crippen LogP contribution in [-0.4, -0.2) is 13.2 Å². The van der Waals surface area contributed by atoms with E-state index >= 15 is 0 Å². The molecule has 6 aliphatic carbocycles. The van der Waals surface area contributed by atoms with Gasteiger partial charge in [0.15, 0.2) is 0 Å². The minimum Gasteiger partial charge on any atom is -0.381 e. The van der Waals surface area contributed by atoms with Crippen molar-refractivity contribution >= 4 is 0 Å². The van der Waals surface area contributed by atoms with Crippen LogP contribution in [0.5, 0.6) is 0 Å². The average molecular weight is 998 g/mol. The molecule has 0 spiro atoms. The molecule has 426 valence electrons. The highest BCUT2D eigenvalue weighted by atomic mass is 16.5. The van der Waals surface area contributed by atoms with Crippen LogP contribution in [0.4, 0.5) is 0 Å². The summed E-state index contributed by atoms with van der Waals surface area (Å²) < 4.78 is 5.48. The van der Waals surface area contributed by atoms with Crippen LogP contribution in [0.25, 0.3) is 0 Å². The van der Waals surface area contributed by atoms with E-state index in [9.17, 15) is 0 Å². The van der Waals surface area contributed by atoms with E-state index in [-0.39, 0.29) is 0 Å². The van der Waals surface area contributed by atoms with Gasteiger partial charge in [0.05, 0.1) is 6.61 Å². The Morgan fingerprint density at radius 2 is 0.507 bits per heavy atom. The van der Waals surface area contributed by atoms with Gasteiger partial charge >= 0.3 is 0 Å². The predicted octanol–water partition coefficient (Wildman–Crippen LogP) is 23.1. The summed E-state index contributed by atoms with van der Waals surface area (Å²) in [5.41, 5.74) is 2.64. The molecule has 7 fully saturated rings. The van der Waals surface area contributed by atoms with Gasteiger partial charge in [0.2, 0.25) is 0 Å². The highest BCUT2D eigenvalue weighted by molar-refractivity contribution is 4.98. The van der Waals surface area contributed by atoms with E-state index in [0.717, 1.165) is 142 Å². The van der Waals surface area contributed by atoms with Crippen LogP contribution in [0.15, 0.2) is 0 Å². The second-order valence-corrected chi connectivity index (χ2v) is 30.7. The van der Waals surface area contributed by atoms with Crippen molar-refractivity contribution in [2.75, 3.05) is 13.2 Å². The quantitative estimate of drug-likeness (QED) is 0.169. The van der Waals surface area contributed by atoms with Crippen molar-refractivity contribution in [3.63, 3.8) is 0 Å². The lowest BCUT2D eigenvalue weighted by Gasteiger charge is -2.49. The monoisotopic (exact) mass is 997 g/mol. The first-order valence-corrected chi connectivity index (χ1v) is 32.3. The molecule has 0 bridgehead atoms. The van der Waals surface area contributed by atoms with E-state index in [1.807, 2.05) is 0 Å². The lowest BCUT2D eigenvalue weighted by Crippen LogP contribution is -2.39. The maximum absolute atomic E-state index is 5.48. The van der Waals surface area contributed by atoms with Crippen molar-refractivity contribution in [3.8, 4) is 0 Å². The fourth-order valence-corrected chi connectivity index (χ4v) is 16.0. The molecule has 6 saturated carbocycles. The van der Waals surface area contributed by atoms with Crippen molar-refractivity contribution in [1.29, 1.82) is 0 Å². The SMILES string of the molecule is CC(C)C1(C(C)C)CC1.CC(C)C1(C(C)C)CCC1.CC(C)C1(C(C)C)CCCC1.CC(C)C1(C(C)C)CCOC1.CC(C)C1CC1C(C)C.CC(C)C1CCC1C(C)C.CC(C)C1CCCC1C(C)C. The summed E-state index contributed by atoms with van der Waals surface area (Å²) in [6, 6.07) is 0. The molecule has 0 aromatic rings. The van der Waals surface area contributed by atoms with E-state index in [2.05, 4.69) is 194 Å². The third-order valence-electron chi connectivity index (χ3n) is 23.0. The highest BCUT2D eigenvalue weighted by Crippen LogP contribution is 2.57. The molecular weight excluding hydrogens is 857 g/mol. The van der Waals surface area contributed by atoms with Crippen LogP contribution in [-0.2, 0) is 4.74 Å². The van der Waals surface area contributed by atoms with Crippen molar-refractivity contribution in [3.05, 3.63) is 0 Å². The summed E-state index contributed by atoms with van der Waals surface area (Å²) in [6.45, 7) is 68.0. The predicted molar refractivity (Wildman–Crippen MR) is 323 cm³/mol. The maximum Gasteiger partial charge on any atom is 0.0528 e. The first-order chi connectivity index (χ1) is 32.8. The Morgan fingerprint density at radius 3 is 0.634 bits per heavy atom. The molecule has 1 heteroatoms. The Labute approximate surface area is 452 Å². The van der Waals surface area contributed by atoms with E-state index in [1.54, 1.807) is 0 Å². The lowest BCUT2D eigenvalue weighted by atomic mass is 9.56. The van der Waals surface area contributed by atoms with E-state index < -0.39 is 0 Å². The van der Waals surface area contributed by atoms with Crippen LogP contribution in [0.3, 0.4) is 0 Å². The number of rotatable bonds is 14. The minimum atomic E-state index is 0.472. The van der Waals surface area contributed by atoms with E-state index in [0.29, 0.717) is 10.8 Å². The summed E-state index contributed by atoms with van der Waals surface area (Å²) in [5, 5.41) is 0. The summed E-state index contributed by atoms with van der Waals surface area (Å²) in [6.07, 6.45) is 23.4. The molecule has 1 aliphatic heterocycles. The normalized spacial score (nSPS) is 27.5. The highest BCUT2D eigenvalue weighted by Gasteiger charge is 2.48. The summed E-state index contributed by atoms with van der Waals surface area (Å²) >= 11 is 0. The van der Waals surface area contributed by atoms with Gasteiger partial charge in [-0.2, -0.15) is 0 Å². The van der Waals surface area contributed by atoms with Crippen LogP contribution < -0.4 is 0 Å². The molecule has 1 nitrogen and oxygen atoms in total. The van der Waals surface area contributed by atoms with Crippen LogP contribution in [0.1, 0.15) is 297 Å². The van der Waals surface area contributed by atoms with Crippen molar-refractivity contribution in [2.45, 2.75) is 297 Å². The Balaban J connectivity index is 0.000000415. The van der Waals surface area contributed by atoms with Gasteiger partial charge in [-0.25, -0.2) is 0 Å². The van der Waals surface area contributed by atoms with Gasteiger partial charge in [0, 0.05) is 12.0 Å². The number of ether oxygens (including phenoxy) is 1. The largest absolute Gasteiger partial charge is 0.381 e. The molecule has 6 unspecified atom stereocenters. The number of hydrogen-bond acceptors (Lipinski definition) is 1. The van der Waals surface area contributed by atoms with Crippen molar-refractivity contribution in [2.24, 2.45) is 140 Å². The average Bonchev–Trinajstić information content (AvgIpc) is 3.98. The van der Waals surface area contributed by atoms with E-state index in [4.69, 9.17) is 4.74 Å². The van der Waals surface area contributed by atoms with Gasteiger partial charge in [-0.1, -0.05) is 220 Å². The standard InChI is InChI=1S/2C11H22.C10H20O.2C10H20.2C9H18/c1-9(2)11(10(3)4)7-5-6-8-11;1-8(2)10-6-5-7-11(10)9(3)4;1-8(2)10(9(3)4)5-6-11-7-10;1-8(2)10(9(3)4)6-5-7-10;1-7(2)9-5-6-10(9)8(3)4;1-7(2)9(5-6-9)8(3)4;1-6(2)8-5-9(8)7(3)4/h9-10H,5-8H2,1-4H3;8-11H,5-7H2,1-4H3;8-9H,5-7H2,1-4H3;8-9H,5-7H2,1-4H3;7-10H,5-6H2,1-4H3;7-8H,5-6H2,1-4H3;6-9H,5H2,1-4H3. The molecule has 1 saturated heterocycles. The van der Waals surface area contributed by atoms with Crippen LogP contribution in [0, 0.1) is 140 Å². The molecule has 1 heterocycles. The zero-order valence-electron chi connectivity index (χ0n) is 54.7. The van der Waals surface area contributed by atoms with Crippen molar-refractivity contribution < 1.29 is 4.74 Å². The molecule has 7 rings (SSSR count). The van der Waals surface area contributed by atoms with Gasteiger partial charge in [-0.15, -0.1) is 0 Å². The summed E-state index contributed by atoms with van der Waals surface area (Å²) in [7, 11) is 0. The molecule has 0 amide bonds. The van der Waals surface area contributed by atoms with Crippen molar-refractivity contribution in [1.82, 2.24) is 0 Å². The maximum atomic E-state index is 5.48. The number of hydrogen-bond donors (Lipinski definition) is 0. The zero-order chi connectivity index (χ0) is 55.0. The third-order valence-corrected chi connectivity index (χ3v) is 23.0. The third kappa shape index (κ3) is 19.7. The second-order valence-electron chi connectivity index (χ2n) is 30.7. The summed E-state index contributed by atoms with van der Waals surface area (Å²) in [4.78, 5) is 0. The Kier molecular flexibility index (Phi) is 30.5. The fraction of sp³-hybridized carbons (Fsp3) is 1.00.